The average molecular weight is 636 g/mol. The molecule has 3 N–H and O–H groups in total. The van der Waals surface area contributed by atoms with Gasteiger partial charge in [0.15, 0.2) is 0 Å². The third-order valence-electron chi connectivity index (χ3n) is 7.88. The molecule has 2 fully saturated rings. The normalized spacial score (nSPS) is 15.6. The van der Waals surface area contributed by atoms with E-state index in [0.29, 0.717) is 49.6 Å². The molecular formula is C30H30FN7O6S. The van der Waals surface area contributed by atoms with E-state index < -0.39 is 27.2 Å². The molecule has 15 heteroatoms. The molecule has 6 rings (SSSR count). The lowest BCUT2D eigenvalue weighted by molar-refractivity contribution is -0.116. The molecule has 234 valence electrons. The Balaban J connectivity index is 1.03. The minimum atomic E-state index is -3.89. The number of nitrogens with one attached hydrogen (secondary N) is 2. The van der Waals surface area contributed by atoms with Gasteiger partial charge in [0.25, 0.3) is 10.0 Å². The van der Waals surface area contributed by atoms with Crippen molar-refractivity contribution in [1.29, 1.82) is 0 Å². The topological polar surface area (TPSA) is 167 Å². The van der Waals surface area contributed by atoms with Crippen LogP contribution in [-0.2, 0) is 14.8 Å². The minimum absolute atomic E-state index is 0.00508. The van der Waals surface area contributed by atoms with Gasteiger partial charge in [0.1, 0.15) is 11.4 Å². The van der Waals surface area contributed by atoms with Crippen molar-refractivity contribution in [2.24, 2.45) is 0 Å². The molecule has 1 saturated carbocycles. The number of halogens is 1. The van der Waals surface area contributed by atoms with Crippen LogP contribution >= 0.6 is 0 Å². The number of anilines is 3. The number of carbonyl (C=O) groups excluding carboxylic acids is 1. The number of fused-ring (bicyclic) bond motifs is 1. The first kappa shape index (κ1) is 30.1. The predicted molar refractivity (Wildman–Crippen MR) is 165 cm³/mol. The quantitative estimate of drug-likeness (QED) is 0.236. The van der Waals surface area contributed by atoms with Crippen LogP contribution in [0.4, 0.5) is 21.7 Å². The fourth-order valence-corrected chi connectivity index (χ4v) is 6.31. The highest BCUT2D eigenvalue weighted by molar-refractivity contribution is 7.92. The van der Waals surface area contributed by atoms with Crippen LogP contribution in [-0.4, -0.2) is 77.6 Å². The van der Waals surface area contributed by atoms with Crippen LogP contribution in [0.3, 0.4) is 0 Å². The van der Waals surface area contributed by atoms with Crippen molar-refractivity contribution in [3.8, 4) is 0 Å². The second-order valence-electron chi connectivity index (χ2n) is 11.0. The summed E-state index contributed by atoms with van der Waals surface area (Å²) in [6.07, 6.45) is 6.14. The molecule has 0 radical (unpaired) electrons. The second kappa shape index (κ2) is 12.2. The van der Waals surface area contributed by atoms with E-state index in [1.165, 1.54) is 42.9 Å². The molecule has 1 amide bonds. The Labute approximate surface area is 257 Å². The van der Waals surface area contributed by atoms with Gasteiger partial charge in [0.2, 0.25) is 17.3 Å². The number of carboxylic acid groups (broad SMARTS) is 1. The summed E-state index contributed by atoms with van der Waals surface area (Å²) in [5.74, 6) is -2.20. The summed E-state index contributed by atoms with van der Waals surface area (Å²) in [5.41, 5.74) is 0.269. The molecule has 1 aliphatic heterocycles. The van der Waals surface area contributed by atoms with Gasteiger partial charge in [-0.05, 0) is 55.3 Å². The van der Waals surface area contributed by atoms with Crippen molar-refractivity contribution in [1.82, 2.24) is 19.4 Å². The largest absolute Gasteiger partial charge is 0.477 e. The number of aromatic carboxylic acids is 1. The number of carbonyl (C=O) groups is 2. The summed E-state index contributed by atoms with van der Waals surface area (Å²) in [7, 11) is -3.89. The molecule has 0 atom stereocenters. The fourth-order valence-electron chi connectivity index (χ4n) is 5.35. The van der Waals surface area contributed by atoms with Gasteiger partial charge < -0.3 is 19.9 Å². The average Bonchev–Trinajstić information content (AvgIpc) is 3.87. The van der Waals surface area contributed by atoms with Gasteiger partial charge in [-0.3, -0.25) is 14.5 Å². The standard InChI is InChI=1S/C30H30FN7O6S/c31-24-16-22-25(38(20-4-5-20)18-23(28(22)40)29(41)42)17-26(24)37-14-12-36(13-15-37)11-8-27(39)34-19-2-6-21(7-3-19)45(43,44)35-30-32-9-1-10-33-30/h1-3,6-7,9-10,16-18,20H,4-5,8,11-15H2,(H,34,39)(H,41,42)(H,32,33,35). The third kappa shape index (κ3) is 6.63. The van der Waals surface area contributed by atoms with E-state index in [1.807, 2.05) is 4.90 Å². The van der Waals surface area contributed by atoms with Gasteiger partial charge in [0, 0.05) is 74.9 Å². The molecule has 45 heavy (non-hydrogen) atoms. The number of hydrogen-bond acceptors (Lipinski definition) is 9. The number of aromatic nitrogens is 3. The first-order chi connectivity index (χ1) is 21.6. The summed E-state index contributed by atoms with van der Waals surface area (Å²) >= 11 is 0. The summed E-state index contributed by atoms with van der Waals surface area (Å²) < 4.78 is 44.4. The van der Waals surface area contributed by atoms with E-state index in [1.54, 1.807) is 16.7 Å². The highest BCUT2D eigenvalue weighted by Crippen LogP contribution is 2.38. The van der Waals surface area contributed by atoms with Crippen molar-refractivity contribution in [3.05, 3.63) is 82.7 Å². The maximum Gasteiger partial charge on any atom is 0.341 e. The highest BCUT2D eigenvalue weighted by Gasteiger charge is 2.28. The van der Waals surface area contributed by atoms with Gasteiger partial charge in [0.05, 0.1) is 16.1 Å². The smallest absolute Gasteiger partial charge is 0.341 e. The zero-order valence-electron chi connectivity index (χ0n) is 24.0. The van der Waals surface area contributed by atoms with Crippen LogP contribution in [0.2, 0.25) is 0 Å². The summed E-state index contributed by atoms with van der Waals surface area (Å²) in [6.45, 7) is 2.66. The van der Waals surface area contributed by atoms with E-state index in [0.717, 1.165) is 18.9 Å². The fraction of sp³-hybridized carbons (Fsp3) is 0.300. The van der Waals surface area contributed by atoms with Crippen molar-refractivity contribution in [3.63, 3.8) is 0 Å². The predicted octanol–water partition coefficient (Wildman–Crippen LogP) is 2.92. The monoisotopic (exact) mass is 635 g/mol. The molecule has 0 unspecified atom stereocenters. The number of piperazine rings is 1. The number of pyridine rings is 1. The molecule has 0 spiro atoms. The zero-order chi connectivity index (χ0) is 31.7. The van der Waals surface area contributed by atoms with E-state index in [-0.39, 0.29) is 40.2 Å². The van der Waals surface area contributed by atoms with E-state index in [9.17, 15) is 27.9 Å². The number of benzene rings is 2. The van der Waals surface area contributed by atoms with Crippen LogP contribution in [0.1, 0.15) is 35.7 Å². The molecule has 0 bridgehead atoms. The van der Waals surface area contributed by atoms with Gasteiger partial charge in [-0.2, -0.15) is 0 Å². The molecule has 1 aliphatic carbocycles. The van der Waals surface area contributed by atoms with Gasteiger partial charge in [-0.1, -0.05) is 0 Å². The van der Waals surface area contributed by atoms with Crippen LogP contribution < -0.4 is 20.4 Å². The van der Waals surface area contributed by atoms with Crippen molar-refractivity contribution in [2.75, 3.05) is 47.7 Å². The van der Waals surface area contributed by atoms with E-state index in [2.05, 4.69) is 24.9 Å². The molecule has 13 nitrogen and oxygen atoms in total. The number of nitrogens with zero attached hydrogens (tertiary/aromatic N) is 5. The van der Waals surface area contributed by atoms with Crippen molar-refractivity contribution in [2.45, 2.75) is 30.2 Å². The Morgan fingerprint density at radius 3 is 2.36 bits per heavy atom. The van der Waals surface area contributed by atoms with Crippen molar-refractivity contribution >= 4 is 50.1 Å². The second-order valence-corrected chi connectivity index (χ2v) is 12.6. The van der Waals surface area contributed by atoms with Crippen LogP contribution in [0.25, 0.3) is 10.9 Å². The first-order valence-electron chi connectivity index (χ1n) is 14.4. The molecule has 2 aromatic carbocycles. The Kier molecular flexibility index (Phi) is 8.20. The summed E-state index contributed by atoms with van der Waals surface area (Å²) in [6, 6.07) is 10.2. The van der Waals surface area contributed by atoms with Crippen LogP contribution in [0.15, 0.2) is 70.7 Å². The van der Waals surface area contributed by atoms with E-state index >= 15 is 4.39 Å². The van der Waals surface area contributed by atoms with E-state index in [4.69, 9.17) is 0 Å². The molecule has 4 aromatic rings. The van der Waals surface area contributed by atoms with Gasteiger partial charge in [-0.15, -0.1) is 0 Å². The maximum absolute atomic E-state index is 15.3. The Morgan fingerprint density at radius 1 is 1.02 bits per heavy atom. The van der Waals surface area contributed by atoms with Crippen LogP contribution in [0, 0.1) is 5.82 Å². The first-order valence-corrected chi connectivity index (χ1v) is 15.9. The molecule has 2 aliphatic rings. The minimum Gasteiger partial charge on any atom is -0.477 e. The van der Waals surface area contributed by atoms with Crippen LogP contribution in [0.5, 0.6) is 0 Å². The number of hydrogen-bond donors (Lipinski definition) is 3. The lowest BCUT2D eigenvalue weighted by Crippen LogP contribution is -2.47. The highest BCUT2D eigenvalue weighted by atomic mass is 32.2. The SMILES string of the molecule is O=C(CCN1CCN(c2cc3c(cc2F)c(=O)c(C(=O)O)cn3C2CC2)CC1)Nc1ccc(S(=O)(=O)Nc2ncccn2)cc1. The molecule has 2 aromatic heterocycles. The number of amides is 1. The third-order valence-corrected chi connectivity index (χ3v) is 9.22. The number of carboxylic acids is 1. The Hall–Kier alpha value is -4.89. The molecule has 3 heterocycles. The van der Waals surface area contributed by atoms with Gasteiger partial charge in [-0.25, -0.2) is 32.3 Å². The summed E-state index contributed by atoms with van der Waals surface area (Å²) in [4.78, 5) is 48.7. The molecular weight excluding hydrogens is 605 g/mol. The van der Waals surface area contributed by atoms with Crippen molar-refractivity contribution < 1.29 is 27.5 Å². The lowest BCUT2D eigenvalue weighted by atomic mass is 10.1. The number of rotatable bonds is 10. The Bertz CT molecular complexity index is 1920. The van der Waals surface area contributed by atoms with Gasteiger partial charge >= 0.3 is 5.97 Å². The lowest BCUT2D eigenvalue weighted by Gasteiger charge is -2.36. The molecule has 1 saturated heterocycles. The maximum atomic E-state index is 15.3. The Morgan fingerprint density at radius 2 is 1.71 bits per heavy atom. The summed E-state index contributed by atoms with van der Waals surface area (Å²) in [5, 5.41) is 12.3. The number of sulfonamides is 1. The zero-order valence-corrected chi connectivity index (χ0v) is 24.8.